The summed E-state index contributed by atoms with van der Waals surface area (Å²) in [6.45, 7) is 9.59. The summed E-state index contributed by atoms with van der Waals surface area (Å²) in [6.07, 6.45) is 2.21. The molecule has 1 atom stereocenters. The van der Waals surface area contributed by atoms with Gasteiger partial charge < -0.3 is 15.0 Å². The molecule has 1 N–H and O–H groups in total. The van der Waals surface area contributed by atoms with E-state index in [1.165, 1.54) is 0 Å². The third-order valence-corrected chi connectivity index (χ3v) is 3.81. The van der Waals surface area contributed by atoms with Crippen molar-refractivity contribution in [2.45, 2.75) is 45.3 Å². The van der Waals surface area contributed by atoms with Gasteiger partial charge in [-0.15, -0.1) is 0 Å². The number of rotatable bonds is 1. The third-order valence-electron chi connectivity index (χ3n) is 3.81. The third kappa shape index (κ3) is 2.80. The molecule has 2 saturated heterocycles. The topological polar surface area (TPSA) is 41.6 Å². The second kappa shape index (κ2) is 4.94. The molecule has 2 fully saturated rings. The zero-order chi connectivity index (χ0) is 12.5. The number of hydrogen-bond donors (Lipinski definition) is 1. The average molecular weight is 240 g/mol. The summed E-state index contributed by atoms with van der Waals surface area (Å²) in [7, 11) is 0. The van der Waals surface area contributed by atoms with Gasteiger partial charge in [-0.2, -0.15) is 0 Å². The lowest BCUT2D eigenvalue weighted by Gasteiger charge is -2.46. The molecule has 0 radical (unpaired) electrons. The van der Waals surface area contributed by atoms with E-state index in [2.05, 4.69) is 12.2 Å². The van der Waals surface area contributed by atoms with Gasteiger partial charge in [0.2, 0.25) is 5.91 Å². The molecular formula is C13H24N2O2. The Hall–Kier alpha value is -0.610. The summed E-state index contributed by atoms with van der Waals surface area (Å²) in [5.74, 6) is 0.380. The van der Waals surface area contributed by atoms with E-state index in [0.717, 1.165) is 39.0 Å². The second-order valence-electron chi connectivity index (χ2n) is 5.72. The van der Waals surface area contributed by atoms with Crippen molar-refractivity contribution in [2.75, 3.05) is 26.2 Å². The van der Waals surface area contributed by atoms with E-state index < -0.39 is 0 Å². The molecule has 1 amide bonds. The van der Waals surface area contributed by atoms with Crippen LogP contribution in [0.15, 0.2) is 0 Å². The predicted octanol–water partition coefficient (Wildman–Crippen LogP) is 1.01. The van der Waals surface area contributed by atoms with Crippen molar-refractivity contribution in [3.63, 3.8) is 0 Å². The summed E-state index contributed by atoms with van der Waals surface area (Å²) < 4.78 is 6.10. The van der Waals surface area contributed by atoms with E-state index in [1.807, 2.05) is 18.7 Å². The average Bonchev–Trinajstić information content (AvgIpc) is 2.29. The van der Waals surface area contributed by atoms with Crippen LogP contribution in [0.2, 0.25) is 0 Å². The number of carbonyl (C=O) groups is 1. The highest BCUT2D eigenvalue weighted by molar-refractivity contribution is 5.78. The van der Waals surface area contributed by atoms with Crippen molar-refractivity contribution < 1.29 is 9.53 Å². The number of morpholine rings is 1. The molecule has 4 nitrogen and oxygen atoms in total. The minimum absolute atomic E-state index is 0.0224. The van der Waals surface area contributed by atoms with Crippen molar-refractivity contribution in [3.8, 4) is 0 Å². The fraction of sp³-hybridized carbons (Fsp3) is 0.923. The quantitative estimate of drug-likeness (QED) is 0.744. The van der Waals surface area contributed by atoms with Crippen LogP contribution in [0, 0.1) is 5.92 Å². The largest absolute Gasteiger partial charge is 0.369 e. The van der Waals surface area contributed by atoms with Crippen molar-refractivity contribution in [1.29, 1.82) is 0 Å². The molecule has 0 aromatic rings. The molecule has 98 valence electrons. The minimum atomic E-state index is -0.0224. The van der Waals surface area contributed by atoms with Crippen LogP contribution in [-0.2, 0) is 9.53 Å². The molecule has 2 heterocycles. The molecule has 0 aliphatic carbocycles. The fourth-order valence-electron chi connectivity index (χ4n) is 2.81. The van der Waals surface area contributed by atoms with Crippen molar-refractivity contribution in [1.82, 2.24) is 10.2 Å². The van der Waals surface area contributed by atoms with Crippen LogP contribution in [0.1, 0.15) is 33.6 Å². The maximum atomic E-state index is 11.9. The Morgan fingerprint density at radius 3 is 2.59 bits per heavy atom. The molecule has 1 spiro atoms. The van der Waals surface area contributed by atoms with Gasteiger partial charge in [-0.3, -0.25) is 4.79 Å². The molecule has 0 bridgehead atoms. The number of likely N-dealkylation sites (tertiary alicyclic amines) is 1. The molecule has 4 heteroatoms. The van der Waals surface area contributed by atoms with Crippen LogP contribution >= 0.6 is 0 Å². The van der Waals surface area contributed by atoms with Crippen LogP contribution < -0.4 is 5.32 Å². The smallest absolute Gasteiger partial charge is 0.225 e. The van der Waals surface area contributed by atoms with E-state index in [4.69, 9.17) is 4.74 Å². The Kier molecular flexibility index (Phi) is 3.73. The van der Waals surface area contributed by atoms with Gasteiger partial charge in [0, 0.05) is 32.1 Å². The van der Waals surface area contributed by atoms with E-state index in [1.54, 1.807) is 0 Å². The standard InChI is InChI=1S/C13H24N2O2/c1-10(2)12(16)15-6-4-13(5-7-15)9-14-8-11(3)17-13/h10-11,14H,4-9H2,1-3H3. The van der Waals surface area contributed by atoms with Gasteiger partial charge in [-0.05, 0) is 19.8 Å². The van der Waals surface area contributed by atoms with Crippen molar-refractivity contribution in [2.24, 2.45) is 5.92 Å². The second-order valence-corrected chi connectivity index (χ2v) is 5.72. The Morgan fingerprint density at radius 2 is 2.06 bits per heavy atom. The van der Waals surface area contributed by atoms with Crippen LogP contribution in [0.3, 0.4) is 0 Å². The molecule has 0 aromatic carbocycles. The Balaban J connectivity index is 1.91. The van der Waals surface area contributed by atoms with E-state index in [9.17, 15) is 4.79 Å². The van der Waals surface area contributed by atoms with Gasteiger partial charge >= 0.3 is 0 Å². The normalized spacial score (nSPS) is 28.7. The molecule has 2 aliphatic rings. The number of hydrogen-bond acceptors (Lipinski definition) is 3. The zero-order valence-corrected chi connectivity index (χ0v) is 11.2. The Bertz CT molecular complexity index is 283. The van der Waals surface area contributed by atoms with Gasteiger partial charge in [0.15, 0.2) is 0 Å². The van der Waals surface area contributed by atoms with Gasteiger partial charge in [0.1, 0.15) is 0 Å². The number of amides is 1. The molecule has 0 saturated carbocycles. The molecule has 0 aromatic heterocycles. The summed E-state index contributed by atoms with van der Waals surface area (Å²) in [5, 5.41) is 3.43. The first-order valence-electron chi connectivity index (χ1n) is 6.70. The predicted molar refractivity (Wildman–Crippen MR) is 66.8 cm³/mol. The first-order valence-corrected chi connectivity index (χ1v) is 6.70. The van der Waals surface area contributed by atoms with E-state index in [0.29, 0.717) is 0 Å². The van der Waals surface area contributed by atoms with E-state index in [-0.39, 0.29) is 23.5 Å². The minimum Gasteiger partial charge on any atom is -0.369 e. The summed E-state index contributed by atoms with van der Waals surface area (Å²) >= 11 is 0. The lowest BCUT2D eigenvalue weighted by atomic mass is 9.89. The zero-order valence-electron chi connectivity index (χ0n) is 11.2. The van der Waals surface area contributed by atoms with Crippen LogP contribution in [0.25, 0.3) is 0 Å². The Morgan fingerprint density at radius 1 is 1.41 bits per heavy atom. The number of nitrogens with zero attached hydrogens (tertiary/aromatic N) is 1. The van der Waals surface area contributed by atoms with E-state index >= 15 is 0 Å². The summed E-state index contributed by atoms with van der Waals surface area (Å²) in [4.78, 5) is 13.9. The number of ether oxygens (including phenoxy) is 1. The number of carbonyl (C=O) groups excluding carboxylic acids is 1. The maximum Gasteiger partial charge on any atom is 0.225 e. The van der Waals surface area contributed by atoms with Crippen molar-refractivity contribution in [3.05, 3.63) is 0 Å². The monoisotopic (exact) mass is 240 g/mol. The molecule has 1 unspecified atom stereocenters. The highest BCUT2D eigenvalue weighted by Gasteiger charge is 2.40. The maximum absolute atomic E-state index is 11.9. The lowest BCUT2D eigenvalue weighted by Crippen LogP contribution is -2.58. The Labute approximate surface area is 104 Å². The molecule has 2 aliphatic heterocycles. The summed E-state index contributed by atoms with van der Waals surface area (Å²) in [6, 6.07) is 0. The summed E-state index contributed by atoms with van der Waals surface area (Å²) in [5.41, 5.74) is -0.0224. The van der Waals surface area contributed by atoms with Gasteiger partial charge in [-0.25, -0.2) is 0 Å². The molecule has 17 heavy (non-hydrogen) atoms. The lowest BCUT2D eigenvalue weighted by molar-refractivity contribution is -0.152. The van der Waals surface area contributed by atoms with Gasteiger partial charge in [0.25, 0.3) is 0 Å². The van der Waals surface area contributed by atoms with Crippen LogP contribution in [-0.4, -0.2) is 48.7 Å². The SMILES string of the molecule is CC1CNCC2(CCN(C(=O)C(C)C)CC2)O1. The van der Waals surface area contributed by atoms with Gasteiger partial charge in [0.05, 0.1) is 11.7 Å². The highest BCUT2D eigenvalue weighted by atomic mass is 16.5. The van der Waals surface area contributed by atoms with Crippen LogP contribution in [0.4, 0.5) is 0 Å². The first kappa shape index (κ1) is 12.8. The fourth-order valence-corrected chi connectivity index (χ4v) is 2.81. The highest BCUT2D eigenvalue weighted by Crippen LogP contribution is 2.29. The van der Waals surface area contributed by atoms with Crippen LogP contribution in [0.5, 0.6) is 0 Å². The first-order chi connectivity index (χ1) is 8.02. The number of piperidine rings is 1. The van der Waals surface area contributed by atoms with Gasteiger partial charge in [-0.1, -0.05) is 13.8 Å². The molecule has 2 rings (SSSR count). The number of nitrogens with one attached hydrogen (secondary N) is 1. The van der Waals surface area contributed by atoms with Crippen molar-refractivity contribution >= 4 is 5.91 Å². The molecular weight excluding hydrogens is 216 g/mol.